The van der Waals surface area contributed by atoms with Crippen molar-refractivity contribution in [2.75, 3.05) is 25.6 Å². The Kier molecular flexibility index (Phi) is 9.51. The maximum atomic E-state index is 12.9. The fraction of sp³-hybridized carbons (Fsp3) is 0.391. The van der Waals surface area contributed by atoms with Crippen LogP contribution in [0.3, 0.4) is 0 Å². The average molecular weight is 415 g/mol. The summed E-state index contributed by atoms with van der Waals surface area (Å²) in [6.07, 6.45) is 1.40. The molecule has 2 aromatic carbocycles. The van der Waals surface area contributed by atoms with Gasteiger partial charge in [0.05, 0.1) is 20.3 Å². The van der Waals surface area contributed by atoms with Gasteiger partial charge in [0.15, 0.2) is 11.5 Å². The van der Waals surface area contributed by atoms with Crippen LogP contribution < -0.4 is 20.1 Å². The molecule has 2 aromatic rings. The third-order valence-electron chi connectivity index (χ3n) is 4.21. The Morgan fingerprint density at radius 1 is 0.933 bits per heavy atom. The zero-order chi connectivity index (χ0) is 21.8. The van der Waals surface area contributed by atoms with E-state index >= 15 is 0 Å². The summed E-state index contributed by atoms with van der Waals surface area (Å²) in [7, 11) is 1.26. The average Bonchev–Trinajstić information content (AvgIpc) is 2.77. The molecule has 0 saturated carbocycles. The number of rotatable bonds is 11. The summed E-state index contributed by atoms with van der Waals surface area (Å²) < 4.78 is 16.2. The zero-order valence-corrected chi connectivity index (χ0v) is 17.8. The minimum absolute atomic E-state index is 0.332. The highest BCUT2D eigenvalue weighted by Gasteiger charge is 2.22. The molecule has 0 bridgehead atoms. The van der Waals surface area contributed by atoms with Crippen LogP contribution in [0.1, 0.15) is 32.3 Å². The van der Waals surface area contributed by atoms with E-state index < -0.39 is 12.1 Å². The first-order valence-corrected chi connectivity index (χ1v) is 10.2. The first-order valence-electron chi connectivity index (χ1n) is 10.2. The third kappa shape index (κ3) is 7.31. The van der Waals surface area contributed by atoms with Crippen molar-refractivity contribution in [2.45, 2.75) is 39.2 Å². The van der Waals surface area contributed by atoms with Gasteiger partial charge < -0.3 is 24.8 Å². The molecule has 7 nitrogen and oxygen atoms in total. The minimum atomic E-state index is -0.795. The molecular weight excluding hydrogens is 384 g/mol. The number of benzene rings is 2. The van der Waals surface area contributed by atoms with E-state index in [9.17, 15) is 9.59 Å². The Balaban J connectivity index is 2.16. The van der Waals surface area contributed by atoms with Crippen LogP contribution in [-0.4, -0.2) is 38.4 Å². The number of carbonyl (C=O) groups excluding carboxylic acids is 2. The second kappa shape index (κ2) is 12.4. The van der Waals surface area contributed by atoms with Crippen molar-refractivity contribution in [3.63, 3.8) is 0 Å². The van der Waals surface area contributed by atoms with Gasteiger partial charge in [0.1, 0.15) is 6.04 Å². The highest BCUT2D eigenvalue weighted by molar-refractivity contribution is 5.97. The van der Waals surface area contributed by atoms with E-state index in [1.807, 2.05) is 44.2 Å². The van der Waals surface area contributed by atoms with Gasteiger partial charge in [-0.25, -0.2) is 4.79 Å². The van der Waals surface area contributed by atoms with Crippen molar-refractivity contribution in [2.24, 2.45) is 0 Å². The van der Waals surface area contributed by atoms with Gasteiger partial charge in [0.25, 0.3) is 0 Å². The monoisotopic (exact) mass is 414 g/mol. The number of ether oxygens (including phenoxy) is 3. The molecule has 0 heterocycles. The van der Waals surface area contributed by atoms with Gasteiger partial charge in [-0.3, -0.25) is 4.79 Å². The van der Waals surface area contributed by atoms with E-state index in [0.29, 0.717) is 36.8 Å². The molecule has 0 radical (unpaired) electrons. The van der Waals surface area contributed by atoms with Crippen molar-refractivity contribution >= 4 is 17.7 Å². The SMILES string of the molecule is CCCOc1ccc(NC(=O)C(Cc2ccccc2)NC(=O)OC)cc1OCCC. The number of nitrogens with one attached hydrogen (secondary N) is 2. The van der Waals surface area contributed by atoms with Crippen LogP contribution in [0.4, 0.5) is 10.5 Å². The first-order chi connectivity index (χ1) is 14.6. The maximum absolute atomic E-state index is 12.9. The molecule has 0 saturated heterocycles. The summed E-state index contributed by atoms with van der Waals surface area (Å²) in [5.41, 5.74) is 1.48. The van der Waals surface area contributed by atoms with Gasteiger partial charge in [0, 0.05) is 18.2 Å². The molecular formula is C23H30N2O5. The Morgan fingerprint density at radius 2 is 1.60 bits per heavy atom. The molecule has 2 amide bonds. The fourth-order valence-electron chi connectivity index (χ4n) is 2.73. The number of anilines is 1. The molecule has 2 N–H and O–H groups in total. The van der Waals surface area contributed by atoms with Gasteiger partial charge in [-0.2, -0.15) is 0 Å². The van der Waals surface area contributed by atoms with E-state index in [2.05, 4.69) is 15.4 Å². The molecule has 0 fully saturated rings. The van der Waals surface area contributed by atoms with Crippen LogP contribution >= 0.6 is 0 Å². The van der Waals surface area contributed by atoms with Crippen LogP contribution in [-0.2, 0) is 16.0 Å². The molecule has 0 aromatic heterocycles. The number of alkyl carbamates (subject to hydrolysis) is 1. The normalized spacial score (nSPS) is 11.3. The fourth-order valence-corrected chi connectivity index (χ4v) is 2.73. The number of methoxy groups -OCH3 is 1. The largest absolute Gasteiger partial charge is 0.490 e. The van der Waals surface area contributed by atoms with Gasteiger partial charge in [0.2, 0.25) is 5.91 Å². The molecule has 2 rings (SSSR count). The Hall–Kier alpha value is -3.22. The second-order valence-electron chi connectivity index (χ2n) is 6.73. The smallest absolute Gasteiger partial charge is 0.407 e. The van der Waals surface area contributed by atoms with E-state index in [0.717, 1.165) is 18.4 Å². The van der Waals surface area contributed by atoms with Crippen molar-refractivity contribution in [1.82, 2.24) is 5.32 Å². The van der Waals surface area contributed by atoms with Crippen LogP contribution in [0.5, 0.6) is 11.5 Å². The van der Waals surface area contributed by atoms with Crippen LogP contribution in [0.15, 0.2) is 48.5 Å². The highest BCUT2D eigenvalue weighted by Crippen LogP contribution is 2.31. The second-order valence-corrected chi connectivity index (χ2v) is 6.73. The van der Waals surface area contributed by atoms with Gasteiger partial charge in [-0.15, -0.1) is 0 Å². The molecule has 0 aliphatic heterocycles. The lowest BCUT2D eigenvalue weighted by atomic mass is 10.1. The topological polar surface area (TPSA) is 85.9 Å². The summed E-state index contributed by atoms with van der Waals surface area (Å²) in [5.74, 6) is 0.855. The summed E-state index contributed by atoms with van der Waals surface area (Å²) in [6, 6.07) is 13.9. The number of amides is 2. The Bertz CT molecular complexity index is 810. The summed E-state index contributed by atoms with van der Waals surface area (Å²) in [5, 5.41) is 5.44. The van der Waals surface area contributed by atoms with Gasteiger partial charge in [-0.05, 0) is 30.5 Å². The van der Waals surface area contributed by atoms with Crippen LogP contribution in [0, 0.1) is 0 Å². The molecule has 30 heavy (non-hydrogen) atoms. The van der Waals surface area contributed by atoms with E-state index in [1.165, 1.54) is 7.11 Å². The molecule has 0 aliphatic carbocycles. The molecule has 0 spiro atoms. The quantitative estimate of drug-likeness (QED) is 0.576. The lowest BCUT2D eigenvalue weighted by Crippen LogP contribution is -2.45. The number of carbonyl (C=O) groups is 2. The third-order valence-corrected chi connectivity index (χ3v) is 4.21. The Morgan fingerprint density at radius 3 is 2.23 bits per heavy atom. The number of hydrogen-bond acceptors (Lipinski definition) is 5. The Labute approximate surface area is 177 Å². The summed E-state index contributed by atoms with van der Waals surface area (Å²) >= 11 is 0. The van der Waals surface area contributed by atoms with Gasteiger partial charge >= 0.3 is 6.09 Å². The highest BCUT2D eigenvalue weighted by atomic mass is 16.5. The standard InChI is InChI=1S/C23H30N2O5/c1-4-13-29-20-12-11-18(16-21(20)30-14-5-2)24-22(26)19(25-23(27)28-3)15-17-9-7-6-8-10-17/h6-12,16,19H,4-5,13-15H2,1-3H3,(H,24,26)(H,25,27). The lowest BCUT2D eigenvalue weighted by Gasteiger charge is -2.19. The van der Waals surface area contributed by atoms with E-state index in [1.54, 1.807) is 18.2 Å². The zero-order valence-electron chi connectivity index (χ0n) is 17.8. The van der Waals surface area contributed by atoms with Crippen molar-refractivity contribution < 1.29 is 23.8 Å². The minimum Gasteiger partial charge on any atom is -0.490 e. The van der Waals surface area contributed by atoms with Gasteiger partial charge in [-0.1, -0.05) is 44.2 Å². The van der Waals surface area contributed by atoms with E-state index in [4.69, 9.17) is 9.47 Å². The predicted molar refractivity (Wildman–Crippen MR) is 116 cm³/mol. The number of hydrogen-bond donors (Lipinski definition) is 2. The molecule has 1 unspecified atom stereocenters. The van der Waals surface area contributed by atoms with Crippen molar-refractivity contribution in [3.8, 4) is 11.5 Å². The molecule has 162 valence electrons. The first kappa shape index (κ1) is 23.1. The van der Waals surface area contributed by atoms with Crippen LogP contribution in [0.2, 0.25) is 0 Å². The molecule has 7 heteroatoms. The predicted octanol–water partition coefficient (Wildman–Crippen LogP) is 4.17. The molecule has 1 atom stereocenters. The van der Waals surface area contributed by atoms with E-state index in [-0.39, 0.29) is 5.91 Å². The van der Waals surface area contributed by atoms with Crippen LogP contribution in [0.25, 0.3) is 0 Å². The maximum Gasteiger partial charge on any atom is 0.407 e. The van der Waals surface area contributed by atoms with Crippen molar-refractivity contribution in [1.29, 1.82) is 0 Å². The summed E-state index contributed by atoms with van der Waals surface area (Å²) in [4.78, 5) is 24.6. The molecule has 0 aliphatic rings. The summed E-state index contributed by atoms with van der Waals surface area (Å²) in [6.45, 7) is 5.17. The van der Waals surface area contributed by atoms with Crippen molar-refractivity contribution in [3.05, 3.63) is 54.1 Å². The lowest BCUT2D eigenvalue weighted by molar-refractivity contribution is -0.118.